The maximum Gasteiger partial charge on any atom is 0.343 e. The van der Waals surface area contributed by atoms with Gasteiger partial charge in [-0.2, -0.15) is 0 Å². The molecule has 0 saturated heterocycles. The van der Waals surface area contributed by atoms with Gasteiger partial charge in [-0.3, -0.25) is 0 Å². The van der Waals surface area contributed by atoms with Gasteiger partial charge in [0.25, 0.3) is 0 Å². The molecule has 0 aliphatic heterocycles. The number of hydrogen-bond donors (Lipinski definition) is 0. The van der Waals surface area contributed by atoms with Crippen LogP contribution in [-0.2, 0) is 11.2 Å². The molecule has 3 rings (SSSR count). The van der Waals surface area contributed by atoms with Crippen LogP contribution in [0.3, 0.4) is 0 Å². The van der Waals surface area contributed by atoms with Gasteiger partial charge in [-0.25, -0.2) is 9.78 Å². The lowest BCUT2D eigenvalue weighted by Gasteiger charge is -2.31. The molecule has 1 heterocycles. The SMILES string of the molecule is CCCCOc1cc2c(cc1C)-c1nc(OC)c(C(=O)OC)cc1C(C(C)C)C2. The summed E-state index contributed by atoms with van der Waals surface area (Å²) in [5.74, 6) is 1.47. The molecule has 1 aromatic carbocycles. The number of fused-ring (bicyclic) bond motifs is 3. The van der Waals surface area contributed by atoms with Gasteiger partial charge in [0.1, 0.15) is 11.3 Å². The second-order valence-electron chi connectivity index (χ2n) is 8.01. The van der Waals surface area contributed by atoms with Gasteiger partial charge in [-0.15, -0.1) is 0 Å². The van der Waals surface area contributed by atoms with Crippen molar-refractivity contribution in [1.29, 1.82) is 0 Å². The second-order valence-corrected chi connectivity index (χ2v) is 8.01. The van der Waals surface area contributed by atoms with Crippen LogP contribution in [0.15, 0.2) is 18.2 Å². The summed E-state index contributed by atoms with van der Waals surface area (Å²) in [6.45, 7) is 9.36. The Hall–Kier alpha value is -2.56. The Balaban J connectivity index is 2.15. The monoisotopic (exact) mass is 397 g/mol. The number of aromatic nitrogens is 1. The minimum atomic E-state index is -0.429. The van der Waals surface area contributed by atoms with Crippen molar-refractivity contribution >= 4 is 5.97 Å². The van der Waals surface area contributed by atoms with E-state index in [1.807, 2.05) is 6.07 Å². The fraction of sp³-hybridized carbons (Fsp3) is 0.500. The molecule has 1 unspecified atom stereocenters. The zero-order valence-corrected chi connectivity index (χ0v) is 18.3. The first-order valence-electron chi connectivity index (χ1n) is 10.3. The molecule has 0 N–H and O–H groups in total. The number of esters is 1. The van der Waals surface area contributed by atoms with Gasteiger partial charge in [0.2, 0.25) is 5.88 Å². The normalized spacial score (nSPS) is 14.9. The van der Waals surface area contributed by atoms with E-state index in [4.69, 9.17) is 19.2 Å². The van der Waals surface area contributed by atoms with Crippen molar-refractivity contribution in [3.8, 4) is 22.9 Å². The van der Waals surface area contributed by atoms with E-state index in [1.165, 1.54) is 19.8 Å². The quantitative estimate of drug-likeness (QED) is 0.467. The lowest BCUT2D eigenvalue weighted by molar-refractivity contribution is 0.0596. The second kappa shape index (κ2) is 8.85. The van der Waals surface area contributed by atoms with Crippen molar-refractivity contribution in [1.82, 2.24) is 4.98 Å². The van der Waals surface area contributed by atoms with Crippen LogP contribution in [-0.4, -0.2) is 31.8 Å². The maximum atomic E-state index is 12.3. The number of methoxy groups -OCH3 is 2. The van der Waals surface area contributed by atoms with E-state index < -0.39 is 5.97 Å². The third-order valence-electron chi connectivity index (χ3n) is 5.67. The molecule has 0 saturated carbocycles. The molecule has 0 radical (unpaired) electrons. The van der Waals surface area contributed by atoms with Crippen LogP contribution in [0, 0.1) is 12.8 Å². The van der Waals surface area contributed by atoms with Crippen molar-refractivity contribution in [3.05, 3.63) is 40.5 Å². The number of nitrogens with zero attached hydrogens (tertiary/aromatic N) is 1. The molecule has 5 nitrogen and oxygen atoms in total. The molecule has 1 aromatic heterocycles. The molecule has 1 aliphatic rings. The Kier molecular flexibility index (Phi) is 6.46. The highest BCUT2D eigenvalue weighted by molar-refractivity contribution is 5.93. The summed E-state index contributed by atoms with van der Waals surface area (Å²) in [4.78, 5) is 17.0. The summed E-state index contributed by atoms with van der Waals surface area (Å²) < 4.78 is 16.4. The van der Waals surface area contributed by atoms with Gasteiger partial charge in [0.15, 0.2) is 0 Å². The summed E-state index contributed by atoms with van der Waals surface area (Å²) in [5.41, 5.74) is 5.75. The Morgan fingerprint density at radius 1 is 1.24 bits per heavy atom. The molecule has 0 spiro atoms. The van der Waals surface area contributed by atoms with Gasteiger partial charge in [0, 0.05) is 5.56 Å². The molecule has 2 aromatic rings. The van der Waals surface area contributed by atoms with Gasteiger partial charge in [0.05, 0.1) is 26.5 Å². The zero-order chi connectivity index (χ0) is 21.1. The predicted molar refractivity (Wildman–Crippen MR) is 114 cm³/mol. The molecule has 1 aliphatic carbocycles. The van der Waals surface area contributed by atoms with E-state index in [0.29, 0.717) is 17.4 Å². The maximum absolute atomic E-state index is 12.3. The Labute approximate surface area is 173 Å². The molecule has 156 valence electrons. The van der Waals surface area contributed by atoms with E-state index in [2.05, 4.69) is 39.8 Å². The number of hydrogen-bond acceptors (Lipinski definition) is 5. The highest BCUT2D eigenvalue weighted by Crippen LogP contribution is 2.45. The zero-order valence-electron chi connectivity index (χ0n) is 18.3. The van der Waals surface area contributed by atoms with E-state index in [-0.39, 0.29) is 5.92 Å². The Bertz CT molecular complexity index is 904. The number of pyridine rings is 1. The first-order valence-corrected chi connectivity index (χ1v) is 10.3. The predicted octanol–water partition coefficient (Wildman–Crippen LogP) is 5.33. The van der Waals surface area contributed by atoms with Crippen molar-refractivity contribution in [3.63, 3.8) is 0 Å². The summed E-state index contributed by atoms with van der Waals surface area (Å²) in [6, 6.07) is 6.22. The fourth-order valence-electron chi connectivity index (χ4n) is 3.97. The fourth-order valence-corrected chi connectivity index (χ4v) is 3.97. The highest BCUT2D eigenvalue weighted by atomic mass is 16.5. The minimum absolute atomic E-state index is 0.255. The number of carbonyl (C=O) groups is 1. The minimum Gasteiger partial charge on any atom is -0.493 e. The molecule has 0 amide bonds. The molecular weight excluding hydrogens is 366 g/mol. The molecule has 29 heavy (non-hydrogen) atoms. The number of carbonyl (C=O) groups excluding carboxylic acids is 1. The summed E-state index contributed by atoms with van der Waals surface area (Å²) in [6.07, 6.45) is 3.04. The van der Waals surface area contributed by atoms with Crippen molar-refractivity contribution in [2.45, 2.75) is 52.9 Å². The number of rotatable bonds is 7. The van der Waals surface area contributed by atoms with Crippen LogP contribution in [0.5, 0.6) is 11.6 Å². The topological polar surface area (TPSA) is 57.7 Å². The summed E-state index contributed by atoms with van der Waals surface area (Å²) >= 11 is 0. The molecule has 5 heteroatoms. The average molecular weight is 398 g/mol. The van der Waals surface area contributed by atoms with Gasteiger partial charge >= 0.3 is 5.97 Å². The molecule has 0 fully saturated rings. The van der Waals surface area contributed by atoms with Crippen LogP contribution in [0.4, 0.5) is 0 Å². The third kappa shape index (κ3) is 4.09. The average Bonchev–Trinajstić information content (AvgIpc) is 2.72. The van der Waals surface area contributed by atoms with Crippen molar-refractivity contribution in [2.75, 3.05) is 20.8 Å². The van der Waals surface area contributed by atoms with Crippen molar-refractivity contribution < 1.29 is 19.0 Å². The number of ether oxygens (including phenoxy) is 3. The van der Waals surface area contributed by atoms with Gasteiger partial charge in [-0.05, 0) is 66.5 Å². The van der Waals surface area contributed by atoms with Crippen LogP contribution in [0.2, 0.25) is 0 Å². The Morgan fingerprint density at radius 3 is 2.62 bits per heavy atom. The number of unbranched alkanes of at least 4 members (excludes halogenated alkanes) is 1. The standard InChI is InChI=1S/C24H31NO4/c1-7-8-9-29-21-12-16-11-17(14(2)3)19-13-20(24(26)28-6)23(27-5)25-22(19)18(16)10-15(21)4/h10,12-14,17H,7-9,11H2,1-6H3. The van der Waals surface area contributed by atoms with E-state index >= 15 is 0 Å². The number of aryl methyl sites for hydroxylation is 1. The van der Waals surface area contributed by atoms with E-state index in [1.54, 1.807) is 0 Å². The third-order valence-corrected chi connectivity index (χ3v) is 5.67. The Morgan fingerprint density at radius 2 is 2.00 bits per heavy atom. The molecule has 1 atom stereocenters. The van der Waals surface area contributed by atoms with E-state index in [9.17, 15) is 4.79 Å². The smallest absolute Gasteiger partial charge is 0.343 e. The highest BCUT2D eigenvalue weighted by Gasteiger charge is 2.31. The largest absolute Gasteiger partial charge is 0.493 e. The van der Waals surface area contributed by atoms with Crippen LogP contribution < -0.4 is 9.47 Å². The van der Waals surface area contributed by atoms with Crippen molar-refractivity contribution in [2.24, 2.45) is 5.92 Å². The molecular formula is C24H31NO4. The van der Waals surface area contributed by atoms with E-state index in [0.717, 1.165) is 54.0 Å². The van der Waals surface area contributed by atoms with Crippen LogP contribution >= 0.6 is 0 Å². The van der Waals surface area contributed by atoms with Crippen LogP contribution in [0.1, 0.15) is 66.6 Å². The first-order chi connectivity index (χ1) is 13.9. The van der Waals surface area contributed by atoms with Crippen LogP contribution in [0.25, 0.3) is 11.3 Å². The van der Waals surface area contributed by atoms with Gasteiger partial charge in [-0.1, -0.05) is 27.2 Å². The summed E-state index contributed by atoms with van der Waals surface area (Å²) in [5, 5.41) is 0. The molecule has 0 bridgehead atoms. The lowest BCUT2D eigenvalue weighted by atomic mass is 9.75. The summed E-state index contributed by atoms with van der Waals surface area (Å²) in [7, 11) is 2.90. The first kappa shape index (κ1) is 21.2. The lowest BCUT2D eigenvalue weighted by Crippen LogP contribution is -2.19. The van der Waals surface area contributed by atoms with Gasteiger partial charge < -0.3 is 14.2 Å². The number of benzene rings is 1.